The van der Waals surface area contributed by atoms with Crippen LogP contribution in [0.5, 0.6) is 0 Å². The molecule has 0 saturated heterocycles. The normalized spacial score (nSPS) is 11.2. The second-order valence-electron chi connectivity index (χ2n) is 4.48. The van der Waals surface area contributed by atoms with Crippen LogP contribution < -0.4 is 5.43 Å². The predicted octanol–water partition coefficient (Wildman–Crippen LogP) is 3.74. The summed E-state index contributed by atoms with van der Waals surface area (Å²) in [4.78, 5) is 10.1. The lowest BCUT2D eigenvalue weighted by atomic mass is 10.1. The summed E-state index contributed by atoms with van der Waals surface area (Å²) in [5.74, 6) is 0. The molecule has 2 aromatic carbocycles. The first-order valence-corrected chi connectivity index (χ1v) is 6.18. The van der Waals surface area contributed by atoms with Crippen molar-refractivity contribution in [3.8, 4) is 0 Å². The largest absolute Gasteiger partial charge is 0.278 e. The van der Waals surface area contributed by atoms with Crippen molar-refractivity contribution in [3.05, 3.63) is 69.8 Å². The van der Waals surface area contributed by atoms with Gasteiger partial charge in [-0.25, -0.2) is 0 Å². The van der Waals surface area contributed by atoms with Crippen LogP contribution in [0.4, 0.5) is 11.4 Å². The van der Waals surface area contributed by atoms with Gasteiger partial charge < -0.3 is 0 Å². The molecule has 2 rings (SSSR count). The predicted molar refractivity (Wildman–Crippen MR) is 80.1 cm³/mol. The maximum Gasteiger partial charge on any atom is 0.269 e. The molecular weight excluding hydrogens is 254 g/mol. The Bertz CT molecular complexity index is 631. The van der Waals surface area contributed by atoms with Crippen molar-refractivity contribution in [1.82, 2.24) is 0 Å². The van der Waals surface area contributed by atoms with Crippen LogP contribution in [0.3, 0.4) is 0 Å². The quantitative estimate of drug-likeness (QED) is 0.522. The molecule has 1 N–H and O–H groups in total. The van der Waals surface area contributed by atoms with E-state index < -0.39 is 4.92 Å². The van der Waals surface area contributed by atoms with Gasteiger partial charge in [-0.05, 0) is 31.5 Å². The first-order valence-electron chi connectivity index (χ1n) is 6.18. The number of rotatable bonds is 4. The van der Waals surface area contributed by atoms with Gasteiger partial charge in [0.15, 0.2) is 0 Å². The topological polar surface area (TPSA) is 67.5 Å². The summed E-state index contributed by atoms with van der Waals surface area (Å²) in [5.41, 5.74) is 6.75. The van der Waals surface area contributed by atoms with Crippen LogP contribution in [-0.2, 0) is 0 Å². The molecule has 0 heterocycles. The van der Waals surface area contributed by atoms with E-state index in [0.717, 1.165) is 11.3 Å². The van der Waals surface area contributed by atoms with Crippen molar-refractivity contribution in [2.45, 2.75) is 13.8 Å². The standard InChI is InChI=1S/C15H15N3O2/c1-11-3-5-13(6-4-11)12(2)16-17-14-7-9-15(10-8-14)18(19)20/h3-10,17H,1-2H3/b16-12-. The van der Waals surface area contributed by atoms with Gasteiger partial charge in [-0.2, -0.15) is 5.10 Å². The number of anilines is 1. The molecule has 0 fully saturated rings. The highest BCUT2D eigenvalue weighted by atomic mass is 16.6. The van der Waals surface area contributed by atoms with Gasteiger partial charge in [0.2, 0.25) is 0 Å². The Labute approximate surface area is 117 Å². The van der Waals surface area contributed by atoms with E-state index >= 15 is 0 Å². The van der Waals surface area contributed by atoms with E-state index in [1.807, 2.05) is 38.1 Å². The van der Waals surface area contributed by atoms with Gasteiger partial charge in [-0.1, -0.05) is 29.8 Å². The van der Waals surface area contributed by atoms with Crippen molar-refractivity contribution in [2.24, 2.45) is 5.10 Å². The number of hydrogen-bond acceptors (Lipinski definition) is 4. The molecule has 102 valence electrons. The highest BCUT2D eigenvalue weighted by molar-refractivity contribution is 5.99. The summed E-state index contributed by atoms with van der Waals surface area (Å²) in [7, 11) is 0. The lowest BCUT2D eigenvalue weighted by Crippen LogP contribution is -1.99. The maximum absolute atomic E-state index is 10.5. The minimum atomic E-state index is -0.426. The van der Waals surface area contributed by atoms with Gasteiger partial charge in [-0.15, -0.1) is 0 Å². The first-order chi connectivity index (χ1) is 9.56. The highest BCUT2D eigenvalue weighted by Crippen LogP contribution is 2.15. The number of nitro groups is 1. The molecule has 2 aromatic rings. The fourth-order valence-corrected chi connectivity index (χ4v) is 1.67. The van der Waals surface area contributed by atoms with Crippen LogP contribution in [0.1, 0.15) is 18.1 Å². The van der Waals surface area contributed by atoms with Crippen molar-refractivity contribution < 1.29 is 4.92 Å². The van der Waals surface area contributed by atoms with E-state index in [2.05, 4.69) is 10.5 Å². The fourth-order valence-electron chi connectivity index (χ4n) is 1.67. The van der Waals surface area contributed by atoms with Crippen LogP contribution in [0.15, 0.2) is 53.6 Å². The molecule has 0 amide bonds. The highest BCUT2D eigenvalue weighted by Gasteiger charge is 2.03. The zero-order valence-corrected chi connectivity index (χ0v) is 11.3. The van der Waals surface area contributed by atoms with Gasteiger partial charge >= 0.3 is 0 Å². The van der Waals surface area contributed by atoms with Crippen LogP contribution in [-0.4, -0.2) is 10.6 Å². The van der Waals surface area contributed by atoms with E-state index in [1.165, 1.54) is 17.7 Å². The Morgan fingerprint density at radius 3 is 2.25 bits per heavy atom. The van der Waals surface area contributed by atoms with Crippen molar-refractivity contribution in [1.29, 1.82) is 0 Å². The van der Waals surface area contributed by atoms with Gasteiger partial charge in [0.1, 0.15) is 0 Å². The third kappa shape index (κ3) is 3.41. The number of hydrazone groups is 1. The van der Waals surface area contributed by atoms with Crippen LogP contribution in [0, 0.1) is 17.0 Å². The lowest BCUT2D eigenvalue weighted by molar-refractivity contribution is -0.384. The van der Waals surface area contributed by atoms with Crippen LogP contribution in [0.2, 0.25) is 0 Å². The van der Waals surface area contributed by atoms with E-state index in [1.54, 1.807) is 12.1 Å². The lowest BCUT2D eigenvalue weighted by Gasteiger charge is -2.04. The molecule has 20 heavy (non-hydrogen) atoms. The summed E-state index contributed by atoms with van der Waals surface area (Å²) in [5, 5.41) is 14.8. The summed E-state index contributed by atoms with van der Waals surface area (Å²) >= 11 is 0. The van der Waals surface area contributed by atoms with Gasteiger partial charge in [0.25, 0.3) is 5.69 Å². The van der Waals surface area contributed by atoms with Crippen LogP contribution >= 0.6 is 0 Å². The Hall–Kier alpha value is -2.69. The molecule has 5 heteroatoms. The average Bonchev–Trinajstić information content (AvgIpc) is 2.46. The Morgan fingerprint density at radius 2 is 1.70 bits per heavy atom. The second-order valence-corrected chi connectivity index (χ2v) is 4.48. The summed E-state index contributed by atoms with van der Waals surface area (Å²) < 4.78 is 0. The molecule has 0 radical (unpaired) electrons. The number of nitrogens with one attached hydrogen (secondary N) is 1. The maximum atomic E-state index is 10.5. The Balaban J connectivity index is 2.08. The third-order valence-electron chi connectivity index (χ3n) is 2.90. The van der Waals surface area contributed by atoms with E-state index in [-0.39, 0.29) is 5.69 Å². The molecule has 0 spiro atoms. The SMILES string of the molecule is C/C(=N/Nc1ccc([N+](=O)[O-])cc1)c1ccc(C)cc1. The summed E-state index contributed by atoms with van der Waals surface area (Å²) in [6.07, 6.45) is 0. The number of nitrogens with zero attached hydrogens (tertiary/aromatic N) is 2. The van der Waals surface area contributed by atoms with Gasteiger partial charge in [-0.3, -0.25) is 15.5 Å². The zero-order valence-electron chi connectivity index (χ0n) is 11.3. The summed E-state index contributed by atoms with van der Waals surface area (Å²) in [6.45, 7) is 3.94. The van der Waals surface area contributed by atoms with Crippen molar-refractivity contribution in [2.75, 3.05) is 5.43 Å². The molecule has 0 bridgehead atoms. The zero-order chi connectivity index (χ0) is 14.5. The average molecular weight is 269 g/mol. The van der Waals surface area contributed by atoms with Gasteiger partial charge in [0, 0.05) is 12.1 Å². The number of benzene rings is 2. The molecule has 0 aliphatic rings. The fraction of sp³-hybridized carbons (Fsp3) is 0.133. The first kappa shape index (κ1) is 13.7. The molecule has 0 saturated carbocycles. The number of aryl methyl sites for hydroxylation is 1. The van der Waals surface area contributed by atoms with E-state index in [9.17, 15) is 10.1 Å². The Kier molecular flexibility index (Phi) is 4.10. The molecule has 0 aliphatic heterocycles. The number of non-ortho nitro benzene ring substituents is 1. The minimum absolute atomic E-state index is 0.0646. The molecule has 0 unspecified atom stereocenters. The molecular formula is C15H15N3O2. The van der Waals surface area contributed by atoms with E-state index in [0.29, 0.717) is 5.69 Å². The molecule has 0 atom stereocenters. The number of nitro benzene ring substituents is 1. The second kappa shape index (κ2) is 5.97. The van der Waals surface area contributed by atoms with Crippen molar-refractivity contribution >= 4 is 17.1 Å². The van der Waals surface area contributed by atoms with Crippen LogP contribution in [0.25, 0.3) is 0 Å². The van der Waals surface area contributed by atoms with Crippen molar-refractivity contribution in [3.63, 3.8) is 0 Å². The molecule has 0 aromatic heterocycles. The van der Waals surface area contributed by atoms with E-state index in [4.69, 9.17) is 0 Å². The molecule has 0 aliphatic carbocycles. The third-order valence-corrected chi connectivity index (χ3v) is 2.90. The monoisotopic (exact) mass is 269 g/mol. The Morgan fingerprint density at radius 1 is 1.10 bits per heavy atom. The smallest absolute Gasteiger partial charge is 0.269 e. The minimum Gasteiger partial charge on any atom is -0.278 e. The molecule has 5 nitrogen and oxygen atoms in total. The number of hydrogen-bond donors (Lipinski definition) is 1. The summed E-state index contributed by atoms with van der Waals surface area (Å²) in [6, 6.07) is 14.2. The van der Waals surface area contributed by atoms with Gasteiger partial charge in [0.05, 0.1) is 16.3 Å².